The predicted molar refractivity (Wildman–Crippen MR) is 128 cm³/mol. The Balaban J connectivity index is 1.33. The van der Waals surface area contributed by atoms with Crippen molar-refractivity contribution in [1.29, 1.82) is 0 Å². The van der Waals surface area contributed by atoms with Crippen LogP contribution in [0, 0.1) is 12.3 Å². The summed E-state index contributed by atoms with van der Waals surface area (Å²) in [4.78, 5) is 11.3. The van der Waals surface area contributed by atoms with Gasteiger partial charge in [0.05, 0.1) is 14.2 Å². The third-order valence-electron chi connectivity index (χ3n) is 6.63. The van der Waals surface area contributed by atoms with Crippen LogP contribution in [0.4, 0.5) is 5.69 Å². The van der Waals surface area contributed by atoms with Gasteiger partial charge in [0.25, 0.3) is 0 Å². The van der Waals surface area contributed by atoms with Crippen LogP contribution in [0.3, 0.4) is 0 Å². The number of hydrogen-bond donors (Lipinski definition) is 0. The molecular weight excluding hydrogens is 416 g/mol. The van der Waals surface area contributed by atoms with E-state index < -0.39 is 0 Å². The topological polar surface area (TPSA) is 50.3 Å². The molecule has 1 fully saturated rings. The molecule has 33 heavy (non-hydrogen) atoms. The van der Waals surface area contributed by atoms with E-state index in [1.165, 1.54) is 18.7 Å². The second kappa shape index (κ2) is 8.54. The molecule has 0 amide bonds. The first-order valence-corrected chi connectivity index (χ1v) is 11.3. The van der Waals surface area contributed by atoms with Gasteiger partial charge < -0.3 is 28.9 Å². The first-order chi connectivity index (χ1) is 16.0. The van der Waals surface area contributed by atoms with E-state index in [1.807, 2.05) is 24.3 Å². The van der Waals surface area contributed by atoms with Gasteiger partial charge in [0.2, 0.25) is 5.88 Å². The Bertz CT molecular complexity index is 1080. The molecule has 1 saturated heterocycles. The highest BCUT2D eigenvalue weighted by Gasteiger charge is 2.39. The quantitative estimate of drug-likeness (QED) is 0.625. The maximum absolute atomic E-state index is 6.12. The Morgan fingerprint density at radius 2 is 1.94 bits per heavy atom. The summed E-state index contributed by atoms with van der Waals surface area (Å²) in [5.41, 5.74) is 3.14. The van der Waals surface area contributed by atoms with Crippen LogP contribution in [0.2, 0.25) is 0 Å². The lowest BCUT2D eigenvalue weighted by atomic mass is 9.85. The summed E-state index contributed by atoms with van der Waals surface area (Å²) >= 11 is 0. The van der Waals surface area contributed by atoms with E-state index in [0.717, 1.165) is 36.6 Å². The van der Waals surface area contributed by atoms with Crippen molar-refractivity contribution in [3.63, 3.8) is 0 Å². The van der Waals surface area contributed by atoms with Gasteiger partial charge in [-0.15, -0.1) is 0 Å². The number of nitrogens with zero attached hydrogens (tertiary/aromatic N) is 4. The van der Waals surface area contributed by atoms with Crippen LogP contribution >= 0.6 is 0 Å². The molecule has 0 aliphatic carbocycles. The van der Waals surface area contributed by atoms with Crippen molar-refractivity contribution in [2.75, 3.05) is 38.9 Å². The summed E-state index contributed by atoms with van der Waals surface area (Å²) < 4.78 is 16.8. The molecule has 1 aromatic carbocycles. The van der Waals surface area contributed by atoms with E-state index >= 15 is 0 Å². The van der Waals surface area contributed by atoms with Gasteiger partial charge in [-0.25, -0.2) is 4.98 Å². The highest BCUT2D eigenvalue weighted by Crippen LogP contribution is 2.42. The normalized spacial score (nSPS) is 21.5. The Labute approximate surface area is 195 Å². The molecule has 1 unspecified atom stereocenters. The van der Waals surface area contributed by atoms with Crippen LogP contribution in [0.1, 0.15) is 30.9 Å². The zero-order valence-corrected chi connectivity index (χ0v) is 19.6. The van der Waals surface area contributed by atoms with Crippen molar-refractivity contribution in [3.8, 4) is 17.4 Å². The van der Waals surface area contributed by atoms with Gasteiger partial charge in [0.1, 0.15) is 19.1 Å². The molecule has 5 rings (SSSR count). The molecule has 0 N–H and O–H groups in total. The molecule has 7 heteroatoms. The monoisotopic (exact) mass is 447 g/mol. The third kappa shape index (κ3) is 4.19. The summed E-state index contributed by atoms with van der Waals surface area (Å²) in [5, 5.41) is 0. The second-order valence-electron chi connectivity index (χ2n) is 9.19. The summed E-state index contributed by atoms with van der Waals surface area (Å²) in [5.74, 6) is 3.24. The summed E-state index contributed by atoms with van der Waals surface area (Å²) in [6.45, 7) is 10.0. The Kier molecular flexibility index (Phi) is 5.56. The third-order valence-corrected chi connectivity index (χ3v) is 6.63. The molecule has 3 aliphatic rings. The maximum atomic E-state index is 6.12. The lowest BCUT2D eigenvalue weighted by Gasteiger charge is -2.34. The van der Waals surface area contributed by atoms with Crippen LogP contribution in [-0.4, -0.2) is 48.8 Å². The Morgan fingerprint density at radius 3 is 2.67 bits per heavy atom. The van der Waals surface area contributed by atoms with Crippen molar-refractivity contribution < 1.29 is 14.2 Å². The van der Waals surface area contributed by atoms with Gasteiger partial charge in [-0.3, -0.25) is 0 Å². The number of rotatable bonds is 7. The highest BCUT2D eigenvalue weighted by atomic mass is 16.5. The van der Waals surface area contributed by atoms with Gasteiger partial charge in [-0.2, -0.15) is 0 Å². The van der Waals surface area contributed by atoms with E-state index in [0.29, 0.717) is 29.4 Å². The maximum Gasteiger partial charge on any atom is 0.212 e. The van der Waals surface area contributed by atoms with Crippen molar-refractivity contribution in [1.82, 2.24) is 14.8 Å². The standard InChI is InChI=1S/C26H31N4O3/c1-19-12-22(31-3)23(33-16-20-6-7-24(32-4)27-15-20)13-21(19)29-10-11-30(18-29)25-14-26(2)8-5-9-28(25)17-26/h6-7,10-15H,1,5,8-9,16-18H2,2-4H3. The summed E-state index contributed by atoms with van der Waals surface area (Å²) in [6.07, 6.45) is 11.0. The number of benzene rings is 1. The number of hydrogen-bond acceptors (Lipinski definition) is 7. The van der Waals surface area contributed by atoms with E-state index in [4.69, 9.17) is 14.2 Å². The molecule has 173 valence electrons. The summed E-state index contributed by atoms with van der Waals surface area (Å²) in [7, 11) is 3.25. The van der Waals surface area contributed by atoms with E-state index in [2.05, 4.69) is 52.0 Å². The lowest BCUT2D eigenvalue weighted by Crippen LogP contribution is -2.37. The Morgan fingerprint density at radius 1 is 1.09 bits per heavy atom. The van der Waals surface area contributed by atoms with Crippen LogP contribution in [0.25, 0.3) is 0 Å². The molecule has 2 bridgehead atoms. The van der Waals surface area contributed by atoms with Crippen molar-refractivity contribution in [2.45, 2.75) is 26.4 Å². The average Bonchev–Trinajstić information content (AvgIpc) is 3.39. The molecular formula is C26H31N4O3. The number of aromatic nitrogens is 1. The van der Waals surface area contributed by atoms with Crippen LogP contribution < -0.4 is 19.1 Å². The molecule has 0 saturated carbocycles. The fourth-order valence-corrected chi connectivity index (χ4v) is 4.88. The molecule has 4 heterocycles. The summed E-state index contributed by atoms with van der Waals surface area (Å²) in [6, 6.07) is 7.71. The highest BCUT2D eigenvalue weighted by molar-refractivity contribution is 5.65. The van der Waals surface area contributed by atoms with E-state index in [-0.39, 0.29) is 0 Å². The molecule has 0 spiro atoms. The zero-order valence-electron chi connectivity index (χ0n) is 19.6. The molecule has 2 aromatic rings. The fourth-order valence-electron chi connectivity index (χ4n) is 4.88. The minimum absolute atomic E-state index is 0.295. The van der Waals surface area contributed by atoms with Gasteiger partial charge >= 0.3 is 0 Å². The minimum Gasteiger partial charge on any atom is -0.493 e. The predicted octanol–water partition coefficient (Wildman–Crippen LogP) is 4.37. The van der Waals surface area contributed by atoms with Crippen molar-refractivity contribution in [3.05, 3.63) is 72.8 Å². The Hall–Kier alpha value is -3.35. The SMILES string of the molecule is [CH2]c1cc(OC)c(OCc2ccc(OC)nc2)cc1N1C=CN(C2=CC3(C)CCCN2C3)C1. The minimum atomic E-state index is 0.295. The van der Waals surface area contributed by atoms with Crippen molar-refractivity contribution >= 4 is 5.69 Å². The number of methoxy groups -OCH3 is 2. The van der Waals surface area contributed by atoms with Gasteiger partial charge in [0.15, 0.2) is 11.5 Å². The first-order valence-electron chi connectivity index (χ1n) is 11.3. The fraction of sp³-hybridized carbons (Fsp3) is 0.385. The van der Waals surface area contributed by atoms with Crippen LogP contribution in [0.15, 0.2) is 54.8 Å². The number of pyridine rings is 1. The van der Waals surface area contributed by atoms with Crippen molar-refractivity contribution in [2.24, 2.45) is 5.41 Å². The van der Waals surface area contributed by atoms with Gasteiger partial charge in [0, 0.05) is 60.5 Å². The largest absolute Gasteiger partial charge is 0.493 e. The van der Waals surface area contributed by atoms with Crippen LogP contribution in [-0.2, 0) is 6.61 Å². The lowest BCUT2D eigenvalue weighted by molar-refractivity contribution is 0.185. The van der Waals surface area contributed by atoms with E-state index in [1.54, 1.807) is 20.4 Å². The van der Waals surface area contributed by atoms with Gasteiger partial charge in [-0.1, -0.05) is 6.92 Å². The van der Waals surface area contributed by atoms with Crippen LogP contribution in [0.5, 0.6) is 17.4 Å². The van der Waals surface area contributed by atoms with Gasteiger partial charge in [-0.05, 0) is 43.5 Å². The molecule has 1 atom stereocenters. The molecule has 1 aromatic heterocycles. The zero-order chi connectivity index (χ0) is 23.0. The number of piperidine rings is 1. The van der Waals surface area contributed by atoms with E-state index in [9.17, 15) is 0 Å². The first kappa shape index (κ1) is 21.5. The smallest absolute Gasteiger partial charge is 0.212 e. The number of ether oxygens (including phenoxy) is 3. The molecule has 1 radical (unpaired) electrons. The molecule has 7 nitrogen and oxygen atoms in total. The second-order valence-corrected chi connectivity index (χ2v) is 9.19. The number of anilines is 1. The molecule has 3 aliphatic heterocycles. The average molecular weight is 448 g/mol. The number of fused-ring (bicyclic) bond motifs is 2.